The zero-order valence-corrected chi connectivity index (χ0v) is 11.1. The van der Waals surface area contributed by atoms with Gasteiger partial charge in [-0.05, 0) is 0 Å². The van der Waals surface area contributed by atoms with Crippen molar-refractivity contribution >= 4 is 15.2 Å². The molecule has 0 aromatic rings. The van der Waals surface area contributed by atoms with Crippen molar-refractivity contribution in [2.45, 2.75) is 0 Å². The number of hydrogen-bond donors (Lipinski definition) is 0. The molecule has 0 aromatic heterocycles. The monoisotopic (exact) mass is 248 g/mol. The smallest absolute Gasteiger partial charge is 0.312 e. The summed E-state index contributed by atoms with van der Waals surface area (Å²) >= 11 is 0. The van der Waals surface area contributed by atoms with Crippen LogP contribution in [0.5, 0.6) is 0 Å². The molecule has 0 heterocycles. The second-order valence-electron chi connectivity index (χ2n) is 2.27. The van der Waals surface area contributed by atoms with Crippen molar-refractivity contribution in [1.82, 2.24) is 0 Å². The molecule has 8 heteroatoms. The van der Waals surface area contributed by atoms with E-state index >= 15 is 0 Å². The maximum atomic E-state index is 10.5. The van der Waals surface area contributed by atoms with Gasteiger partial charge in [0.1, 0.15) is 0 Å². The molecule has 0 bridgehead atoms. The Morgan fingerprint density at radius 3 is 0.786 bits per heavy atom. The highest BCUT2D eigenvalue weighted by atomic mass is 31.2. The molecule has 14 heavy (non-hydrogen) atoms. The van der Waals surface area contributed by atoms with E-state index in [1.165, 1.54) is 41.8 Å². The predicted octanol–water partition coefficient (Wildman–Crippen LogP) is 2.20. The second-order valence-corrected chi connectivity index (χ2v) is 6.82. The van der Waals surface area contributed by atoms with Gasteiger partial charge in [0.15, 0.2) is 0 Å². The average molecular weight is 248 g/mol. The van der Waals surface area contributed by atoms with Crippen molar-refractivity contribution in [1.29, 1.82) is 0 Å². The van der Waals surface area contributed by atoms with E-state index in [0.29, 0.717) is 0 Å². The van der Waals surface area contributed by atoms with Crippen molar-refractivity contribution in [2.24, 2.45) is 0 Å². The van der Waals surface area contributed by atoms with E-state index in [1.54, 1.807) is 0 Å². The minimum absolute atomic E-state index is 1.35. The van der Waals surface area contributed by atoms with Crippen LogP contribution in [0.25, 0.3) is 0 Å². The first-order chi connectivity index (χ1) is 6.24. The SMILES string of the molecule is COP(C)(=O)OC.COP(C)(=O)OC. The Bertz CT molecular complexity index is 188. The zero-order valence-electron chi connectivity index (χ0n) is 9.34. The van der Waals surface area contributed by atoms with E-state index < -0.39 is 15.2 Å². The van der Waals surface area contributed by atoms with Crippen LogP contribution in [0.3, 0.4) is 0 Å². The molecule has 0 rings (SSSR count). The van der Waals surface area contributed by atoms with Gasteiger partial charge < -0.3 is 18.1 Å². The molecule has 0 unspecified atom stereocenters. The molecule has 0 aromatic carbocycles. The third-order valence-corrected chi connectivity index (χ3v) is 3.98. The van der Waals surface area contributed by atoms with Crippen molar-refractivity contribution in [3.8, 4) is 0 Å². The first-order valence-electron chi connectivity index (χ1n) is 3.62. The molecule has 88 valence electrons. The molecule has 0 aliphatic carbocycles. The maximum absolute atomic E-state index is 10.5. The fourth-order valence-electron chi connectivity index (χ4n) is 0.149. The third-order valence-electron chi connectivity index (χ3n) is 1.33. The first kappa shape index (κ1) is 16.7. The van der Waals surface area contributed by atoms with Gasteiger partial charge in [-0.2, -0.15) is 0 Å². The van der Waals surface area contributed by atoms with E-state index in [2.05, 4.69) is 18.1 Å². The summed E-state index contributed by atoms with van der Waals surface area (Å²) < 4.78 is 38.7. The highest BCUT2D eigenvalue weighted by molar-refractivity contribution is 7.53. The zero-order chi connectivity index (χ0) is 11.8. The van der Waals surface area contributed by atoms with E-state index in [4.69, 9.17) is 0 Å². The van der Waals surface area contributed by atoms with Gasteiger partial charge in [0.25, 0.3) is 0 Å². The summed E-state index contributed by atoms with van der Waals surface area (Å²) in [5.41, 5.74) is 0. The summed E-state index contributed by atoms with van der Waals surface area (Å²) in [6, 6.07) is 0. The Morgan fingerprint density at radius 2 is 0.786 bits per heavy atom. The molecule has 0 saturated carbocycles. The van der Waals surface area contributed by atoms with Crippen LogP contribution < -0.4 is 0 Å². The number of rotatable bonds is 4. The Labute approximate surface area is 84.9 Å². The molecule has 0 radical (unpaired) electrons. The van der Waals surface area contributed by atoms with Crippen LogP contribution in [-0.4, -0.2) is 41.8 Å². The summed E-state index contributed by atoms with van der Waals surface area (Å²) in [7, 11) is 0.0972. The van der Waals surface area contributed by atoms with Crippen LogP contribution in [0, 0.1) is 0 Å². The van der Waals surface area contributed by atoms with Gasteiger partial charge in [0.2, 0.25) is 0 Å². The van der Waals surface area contributed by atoms with Crippen molar-refractivity contribution < 1.29 is 27.2 Å². The largest absolute Gasteiger partial charge is 0.327 e. The van der Waals surface area contributed by atoms with Crippen molar-refractivity contribution in [2.75, 3.05) is 41.8 Å². The molecule has 0 N–H and O–H groups in total. The van der Waals surface area contributed by atoms with Gasteiger partial charge in [0, 0.05) is 41.8 Å². The minimum Gasteiger partial charge on any atom is -0.312 e. The quantitative estimate of drug-likeness (QED) is 0.710. The average Bonchev–Trinajstić information content (AvgIpc) is 2.19. The summed E-state index contributed by atoms with van der Waals surface area (Å²) in [5.74, 6) is 0. The topological polar surface area (TPSA) is 71.1 Å². The van der Waals surface area contributed by atoms with Gasteiger partial charge >= 0.3 is 15.2 Å². The van der Waals surface area contributed by atoms with E-state index in [1.807, 2.05) is 0 Å². The maximum Gasteiger partial charge on any atom is 0.327 e. The Kier molecular flexibility index (Phi) is 9.04. The molecule has 0 aliphatic heterocycles. The van der Waals surface area contributed by atoms with Gasteiger partial charge in [0.05, 0.1) is 0 Å². The molecule has 0 amide bonds. The van der Waals surface area contributed by atoms with Gasteiger partial charge in [-0.25, -0.2) is 0 Å². The van der Waals surface area contributed by atoms with Crippen LogP contribution in [0.1, 0.15) is 0 Å². The second kappa shape index (κ2) is 7.57. The molecular formula is C6H18O6P2. The summed E-state index contributed by atoms with van der Waals surface area (Å²) in [6.07, 6.45) is 0. The predicted molar refractivity (Wildman–Crippen MR) is 55.1 cm³/mol. The van der Waals surface area contributed by atoms with Gasteiger partial charge in [-0.3, -0.25) is 9.13 Å². The normalized spacial score (nSPS) is 11.9. The van der Waals surface area contributed by atoms with Crippen LogP contribution in [0.4, 0.5) is 0 Å². The summed E-state index contributed by atoms with van der Waals surface area (Å²) in [6.45, 7) is 2.82. The van der Waals surface area contributed by atoms with Crippen LogP contribution in [0.15, 0.2) is 0 Å². The Morgan fingerprint density at radius 1 is 0.643 bits per heavy atom. The lowest BCUT2D eigenvalue weighted by Crippen LogP contribution is -1.82. The lowest BCUT2D eigenvalue weighted by molar-refractivity contribution is 0.281. The highest BCUT2D eigenvalue weighted by Crippen LogP contribution is 2.41. The molecular weight excluding hydrogens is 230 g/mol. The van der Waals surface area contributed by atoms with E-state index in [0.717, 1.165) is 0 Å². The van der Waals surface area contributed by atoms with Crippen LogP contribution in [0.2, 0.25) is 0 Å². The number of hydrogen-bond acceptors (Lipinski definition) is 6. The van der Waals surface area contributed by atoms with Crippen molar-refractivity contribution in [3.63, 3.8) is 0 Å². The first-order valence-corrected chi connectivity index (χ1v) is 7.60. The lowest BCUT2D eigenvalue weighted by atomic mass is 11.8. The van der Waals surface area contributed by atoms with E-state index in [9.17, 15) is 9.13 Å². The molecule has 0 atom stereocenters. The fraction of sp³-hybridized carbons (Fsp3) is 1.00. The molecule has 6 nitrogen and oxygen atoms in total. The van der Waals surface area contributed by atoms with Gasteiger partial charge in [-0.15, -0.1) is 0 Å². The highest BCUT2D eigenvalue weighted by Gasteiger charge is 2.09. The summed E-state index contributed by atoms with van der Waals surface area (Å²) in [5, 5.41) is 0. The van der Waals surface area contributed by atoms with Gasteiger partial charge in [-0.1, -0.05) is 0 Å². The molecule has 0 aliphatic rings. The molecule has 0 saturated heterocycles. The standard InChI is InChI=1S/2C3H9O3P/c2*1-5-7(3,4)6-2/h2*1-3H3. The molecule has 0 spiro atoms. The Hall–Kier alpha value is 0.300. The lowest BCUT2D eigenvalue weighted by Gasteiger charge is -2.04. The Balaban J connectivity index is 0. The molecule has 0 fully saturated rings. The van der Waals surface area contributed by atoms with Crippen LogP contribution in [-0.2, 0) is 27.2 Å². The van der Waals surface area contributed by atoms with Crippen molar-refractivity contribution in [3.05, 3.63) is 0 Å². The minimum atomic E-state index is -2.65. The van der Waals surface area contributed by atoms with E-state index in [-0.39, 0.29) is 0 Å². The fourth-order valence-corrected chi connectivity index (χ4v) is 0.447. The van der Waals surface area contributed by atoms with Crippen LogP contribution >= 0.6 is 15.2 Å². The summed E-state index contributed by atoms with van der Waals surface area (Å²) in [4.78, 5) is 0. The third kappa shape index (κ3) is 10.4.